The zero-order valence-corrected chi connectivity index (χ0v) is 15.6. The predicted octanol–water partition coefficient (Wildman–Crippen LogP) is 4.42. The lowest BCUT2D eigenvalue weighted by Crippen LogP contribution is -2.21. The van der Waals surface area contributed by atoms with E-state index in [4.69, 9.17) is 0 Å². The van der Waals surface area contributed by atoms with Crippen LogP contribution in [-0.2, 0) is 13.1 Å². The molecule has 136 valence electrons. The fourth-order valence-electron chi connectivity index (χ4n) is 3.16. The average molecular weight is 379 g/mol. The molecule has 0 aliphatic rings. The third kappa shape index (κ3) is 3.82. The molecule has 0 bridgehead atoms. The molecule has 0 unspecified atom stereocenters. The van der Waals surface area contributed by atoms with Crippen molar-refractivity contribution in [2.24, 2.45) is 0 Å². The van der Waals surface area contributed by atoms with Crippen LogP contribution < -0.4 is 5.56 Å². The van der Waals surface area contributed by atoms with Crippen LogP contribution >= 0.6 is 11.3 Å². The molecule has 0 saturated carbocycles. The normalized spacial score (nSPS) is 11.4. The lowest BCUT2D eigenvalue weighted by Gasteiger charge is -2.16. The van der Waals surface area contributed by atoms with Gasteiger partial charge in [0.1, 0.15) is 16.5 Å². The first-order valence-corrected chi connectivity index (χ1v) is 9.47. The third-order valence-electron chi connectivity index (χ3n) is 4.34. The van der Waals surface area contributed by atoms with Crippen LogP contribution in [0.25, 0.3) is 21.3 Å². The Hall–Kier alpha value is -2.83. The maximum absolute atomic E-state index is 13.3. The molecule has 4 aromatic rings. The number of thiophene rings is 1. The quantitative estimate of drug-likeness (QED) is 0.558. The van der Waals surface area contributed by atoms with E-state index < -0.39 is 0 Å². The molecular weight excluding hydrogens is 361 g/mol. The van der Waals surface area contributed by atoms with E-state index in [1.165, 1.54) is 23.5 Å². The van der Waals surface area contributed by atoms with E-state index in [9.17, 15) is 9.18 Å². The summed E-state index contributed by atoms with van der Waals surface area (Å²) in [6, 6.07) is 16.4. The second kappa shape index (κ2) is 7.42. The molecule has 2 aromatic heterocycles. The predicted molar refractivity (Wildman–Crippen MR) is 107 cm³/mol. The molecule has 1 N–H and O–H groups in total. The smallest absolute Gasteiger partial charge is 0.260 e. The van der Waals surface area contributed by atoms with Crippen molar-refractivity contribution in [2.45, 2.75) is 13.1 Å². The molecule has 0 amide bonds. The van der Waals surface area contributed by atoms with Gasteiger partial charge >= 0.3 is 0 Å². The summed E-state index contributed by atoms with van der Waals surface area (Å²) < 4.78 is 13.3. The SMILES string of the molecule is CN(Cc1cccc(F)c1)Cc1nc2scc(-c3ccccc3)c2c(=O)[nH]1. The second-order valence-electron chi connectivity index (χ2n) is 6.51. The van der Waals surface area contributed by atoms with Crippen molar-refractivity contribution in [3.63, 3.8) is 0 Å². The van der Waals surface area contributed by atoms with Gasteiger partial charge in [-0.05, 0) is 30.3 Å². The minimum absolute atomic E-state index is 0.130. The molecule has 6 heteroatoms. The monoisotopic (exact) mass is 379 g/mol. The third-order valence-corrected chi connectivity index (χ3v) is 5.21. The molecule has 2 heterocycles. The summed E-state index contributed by atoms with van der Waals surface area (Å²) in [6.07, 6.45) is 0. The molecule has 0 fully saturated rings. The van der Waals surface area contributed by atoms with Gasteiger partial charge in [-0.1, -0.05) is 42.5 Å². The average Bonchev–Trinajstić information content (AvgIpc) is 3.07. The fraction of sp³-hybridized carbons (Fsp3) is 0.143. The molecule has 0 aliphatic carbocycles. The van der Waals surface area contributed by atoms with Crippen molar-refractivity contribution in [1.82, 2.24) is 14.9 Å². The maximum Gasteiger partial charge on any atom is 0.260 e. The van der Waals surface area contributed by atoms with Crippen LogP contribution in [0.15, 0.2) is 64.8 Å². The maximum atomic E-state index is 13.3. The summed E-state index contributed by atoms with van der Waals surface area (Å²) in [7, 11) is 1.92. The molecule has 0 radical (unpaired) electrons. The summed E-state index contributed by atoms with van der Waals surface area (Å²) in [5.74, 6) is 0.355. The van der Waals surface area contributed by atoms with Gasteiger partial charge < -0.3 is 4.98 Å². The number of rotatable bonds is 5. The summed E-state index contributed by atoms with van der Waals surface area (Å²) in [4.78, 5) is 22.9. The summed E-state index contributed by atoms with van der Waals surface area (Å²) in [6.45, 7) is 1.04. The van der Waals surface area contributed by atoms with Crippen molar-refractivity contribution in [3.05, 3.63) is 87.5 Å². The highest BCUT2D eigenvalue weighted by Gasteiger charge is 2.13. The summed E-state index contributed by atoms with van der Waals surface area (Å²) in [5, 5.41) is 2.60. The highest BCUT2D eigenvalue weighted by Crippen LogP contribution is 2.30. The van der Waals surface area contributed by atoms with Gasteiger partial charge in [0.05, 0.1) is 11.9 Å². The summed E-state index contributed by atoms with van der Waals surface area (Å²) in [5.41, 5.74) is 2.66. The van der Waals surface area contributed by atoms with E-state index in [2.05, 4.69) is 9.97 Å². The van der Waals surface area contributed by atoms with E-state index in [0.29, 0.717) is 24.3 Å². The zero-order valence-electron chi connectivity index (χ0n) is 14.8. The molecule has 4 nitrogen and oxygen atoms in total. The Kier molecular flexibility index (Phi) is 4.83. The van der Waals surface area contributed by atoms with Gasteiger partial charge in [0.2, 0.25) is 0 Å². The van der Waals surface area contributed by atoms with E-state index >= 15 is 0 Å². The van der Waals surface area contributed by atoms with Crippen LogP contribution in [0.4, 0.5) is 4.39 Å². The van der Waals surface area contributed by atoms with Crippen molar-refractivity contribution in [2.75, 3.05) is 7.05 Å². The lowest BCUT2D eigenvalue weighted by atomic mass is 10.1. The van der Waals surface area contributed by atoms with E-state index in [1.807, 2.05) is 53.7 Å². The molecule has 0 atom stereocenters. The Morgan fingerprint density at radius 2 is 1.93 bits per heavy atom. The Labute approximate surface area is 159 Å². The Morgan fingerprint density at radius 3 is 2.70 bits per heavy atom. The molecule has 0 saturated heterocycles. The highest BCUT2D eigenvalue weighted by molar-refractivity contribution is 7.17. The van der Waals surface area contributed by atoms with Crippen LogP contribution in [0, 0.1) is 5.82 Å². The van der Waals surface area contributed by atoms with Crippen LogP contribution in [0.3, 0.4) is 0 Å². The number of hydrogen-bond donors (Lipinski definition) is 1. The Balaban J connectivity index is 1.59. The van der Waals surface area contributed by atoms with Crippen LogP contribution in [-0.4, -0.2) is 21.9 Å². The number of aromatic nitrogens is 2. The second-order valence-corrected chi connectivity index (χ2v) is 7.37. The zero-order chi connectivity index (χ0) is 18.8. The first kappa shape index (κ1) is 17.6. The van der Waals surface area contributed by atoms with Gasteiger partial charge in [0.25, 0.3) is 5.56 Å². The first-order valence-electron chi connectivity index (χ1n) is 8.59. The van der Waals surface area contributed by atoms with Gasteiger partial charge in [-0.2, -0.15) is 0 Å². The summed E-state index contributed by atoms with van der Waals surface area (Å²) >= 11 is 1.47. The van der Waals surface area contributed by atoms with E-state index in [-0.39, 0.29) is 11.4 Å². The fourth-order valence-corrected chi connectivity index (χ4v) is 4.12. The minimum atomic E-state index is -0.249. The molecule has 0 aliphatic heterocycles. The number of halogens is 1. The van der Waals surface area contributed by atoms with Gasteiger partial charge in [-0.25, -0.2) is 9.37 Å². The number of nitrogens with zero attached hydrogens (tertiary/aromatic N) is 2. The van der Waals surface area contributed by atoms with Gasteiger partial charge in [-0.15, -0.1) is 11.3 Å². The number of fused-ring (bicyclic) bond motifs is 1. The number of hydrogen-bond acceptors (Lipinski definition) is 4. The van der Waals surface area contributed by atoms with Gasteiger partial charge in [0.15, 0.2) is 0 Å². The van der Waals surface area contributed by atoms with Crippen molar-refractivity contribution < 1.29 is 4.39 Å². The van der Waals surface area contributed by atoms with Crippen LogP contribution in [0.1, 0.15) is 11.4 Å². The first-order chi connectivity index (χ1) is 13.1. The van der Waals surface area contributed by atoms with Gasteiger partial charge in [0, 0.05) is 17.5 Å². The van der Waals surface area contributed by atoms with E-state index in [0.717, 1.165) is 21.5 Å². The molecule has 2 aromatic carbocycles. The number of H-pyrrole nitrogens is 1. The Morgan fingerprint density at radius 1 is 1.11 bits per heavy atom. The number of nitrogens with one attached hydrogen (secondary N) is 1. The molecular formula is C21H18FN3OS. The van der Waals surface area contributed by atoms with Crippen LogP contribution in [0.5, 0.6) is 0 Å². The molecule has 4 rings (SSSR count). The topological polar surface area (TPSA) is 49.0 Å². The highest BCUT2D eigenvalue weighted by atomic mass is 32.1. The molecule has 0 spiro atoms. The largest absolute Gasteiger partial charge is 0.309 e. The minimum Gasteiger partial charge on any atom is -0.309 e. The van der Waals surface area contributed by atoms with Crippen molar-refractivity contribution >= 4 is 21.6 Å². The van der Waals surface area contributed by atoms with Crippen molar-refractivity contribution in [1.29, 1.82) is 0 Å². The van der Waals surface area contributed by atoms with Crippen molar-refractivity contribution in [3.8, 4) is 11.1 Å². The van der Waals surface area contributed by atoms with E-state index in [1.54, 1.807) is 6.07 Å². The van der Waals surface area contributed by atoms with Crippen LogP contribution in [0.2, 0.25) is 0 Å². The molecule has 27 heavy (non-hydrogen) atoms. The number of benzene rings is 2. The standard InChI is InChI=1S/C21H18FN3OS/c1-25(11-14-6-5-9-16(22)10-14)12-18-23-20(26)19-17(13-27-21(19)24-18)15-7-3-2-4-8-15/h2-10,13H,11-12H2,1H3,(H,23,24,26). The number of aromatic amines is 1. The van der Waals surface area contributed by atoms with Gasteiger partial charge in [-0.3, -0.25) is 9.69 Å². The lowest BCUT2D eigenvalue weighted by molar-refractivity contribution is 0.310. The Bertz CT molecular complexity index is 1140.